The molecular formula is C18H21N3O. The number of carbonyl (C=O) groups is 1. The van der Waals surface area contributed by atoms with E-state index >= 15 is 0 Å². The van der Waals surface area contributed by atoms with E-state index in [9.17, 15) is 4.79 Å². The third kappa shape index (κ3) is 6.02. The van der Waals surface area contributed by atoms with E-state index in [0.29, 0.717) is 18.7 Å². The zero-order valence-corrected chi connectivity index (χ0v) is 12.8. The van der Waals surface area contributed by atoms with Crippen LogP contribution in [0.3, 0.4) is 0 Å². The number of allylic oxidation sites excluding steroid dienone is 3. The molecule has 1 rings (SSSR count). The van der Waals surface area contributed by atoms with Gasteiger partial charge in [-0.15, -0.1) is 0 Å². The lowest BCUT2D eigenvalue weighted by Crippen LogP contribution is -2.28. The van der Waals surface area contributed by atoms with Gasteiger partial charge in [0, 0.05) is 37.7 Å². The minimum atomic E-state index is -0.126. The fourth-order valence-electron chi connectivity index (χ4n) is 1.82. The molecule has 0 spiro atoms. The highest BCUT2D eigenvalue weighted by Gasteiger charge is 2.10. The van der Waals surface area contributed by atoms with E-state index in [-0.39, 0.29) is 5.91 Å². The highest BCUT2D eigenvalue weighted by Crippen LogP contribution is 2.08. The molecule has 0 bridgehead atoms. The molecule has 4 heteroatoms. The zero-order valence-electron chi connectivity index (χ0n) is 12.8. The summed E-state index contributed by atoms with van der Waals surface area (Å²) >= 11 is 0. The van der Waals surface area contributed by atoms with Crippen LogP contribution < -0.4 is 10.6 Å². The molecule has 0 aromatic rings. The minimum Gasteiger partial charge on any atom is -0.348 e. The molecule has 0 aromatic carbocycles. The predicted molar refractivity (Wildman–Crippen MR) is 91.1 cm³/mol. The van der Waals surface area contributed by atoms with Crippen molar-refractivity contribution in [1.29, 1.82) is 0 Å². The van der Waals surface area contributed by atoms with Crippen LogP contribution in [0.25, 0.3) is 0 Å². The Balaban J connectivity index is 2.64. The molecule has 4 nitrogen and oxygen atoms in total. The van der Waals surface area contributed by atoms with E-state index in [0.717, 1.165) is 5.57 Å². The van der Waals surface area contributed by atoms with Gasteiger partial charge in [-0.25, -0.2) is 0 Å². The molecule has 1 heterocycles. The van der Waals surface area contributed by atoms with Crippen LogP contribution in [0.2, 0.25) is 0 Å². The Kier molecular flexibility index (Phi) is 7.70. The number of hydrogen-bond acceptors (Lipinski definition) is 3. The highest BCUT2D eigenvalue weighted by atomic mass is 16.1. The Labute approximate surface area is 132 Å². The molecule has 0 atom stereocenters. The van der Waals surface area contributed by atoms with Crippen molar-refractivity contribution < 1.29 is 4.79 Å². The molecule has 0 unspecified atom stereocenters. The van der Waals surface area contributed by atoms with Gasteiger partial charge in [0.05, 0.1) is 5.57 Å². The molecule has 0 aliphatic carbocycles. The van der Waals surface area contributed by atoms with Crippen LogP contribution >= 0.6 is 0 Å². The van der Waals surface area contributed by atoms with Crippen molar-refractivity contribution in [1.82, 2.24) is 15.5 Å². The zero-order chi connectivity index (χ0) is 16.2. The number of terminal acetylenes is 1. The Morgan fingerprint density at radius 1 is 1.59 bits per heavy atom. The first-order chi connectivity index (χ1) is 10.7. The van der Waals surface area contributed by atoms with Crippen molar-refractivity contribution in [3.05, 3.63) is 72.8 Å². The Bertz CT molecular complexity index is 586. The molecule has 1 aliphatic heterocycles. The number of nitrogens with zero attached hydrogens (tertiary/aromatic N) is 1. The van der Waals surface area contributed by atoms with Crippen LogP contribution in [-0.4, -0.2) is 23.9 Å². The normalized spacial score (nSPS) is 14.8. The average Bonchev–Trinajstić information content (AvgIpc) is 2.53. The topological polar surface area (TPSA) is 44.4 Å². The lowest BCUT2D eigenvalue weighted by molar-refractivity contribution is -0.117. The number of rotatable bonds is 7. The molecular weight excluding hydrogens is 274 g/mol. The van der Waals surface area contributed by atoms with Crippen LogP contribution in [-0.2, 0) is 4.79 Å². The molecule has 114 valence electrons. The molecule has 1 amide bonds. The molecule has 22 heavy (non-hydrogen) atoms. The molecule has 2 N–H and O–H groups in total. The predicted octanol–water partition coefficient (Wildman–Crippen LogP) is 2.20. The van der Waals surface area contributed by atoms with Crippen molar-refractivity contribution in [2.24, 2.45) is 0 Å². The van der Waals surface area contributed by atoms with E-state index in [1.165, 1.54) is 0 Å². The summed E-state index contributed by atoms with van der Waals surface area (Å²) in [6.45, 7) is 6.74. The van der Waals surface area contributed by atoms with Gasteiger partial charge in [0.2, 0.25) is 0 Å². The number of nitrogens with one attached hydrogen (secondary N) is 2. The van der Waals surface area contributed by atoms with Gasteiger partial charge in [-0.1, -0.05) is 49.5 Å². The lowest BCUT2D eigenvalue weighted by atomic mass is 10.1. The second-order valence-corrected chi connectivity index (χ2v) is 4.45. The van der Waals surface area contributed by atoms with E-state index in [2.05, 4.69) is 23.3 Å². The molecule has 0 aromatic heterocycles. The van der Waals surface area contributed by atoms with Gasteiger partial charge in [0.25, 0.3) is 5.91 Å². The van der Waals surface area contributed by atoms with Gasteiger partial charge >= 0.3 is 0 Å². The number of hydrogen-bond donors (Lipinski definition) is 2. The molecule has 1 aliphatic rings. The molecule has 0 saturated carbocycles. The summed E-state index contributed by atoms with van der Waals surface area (Å²) in [7, 11) is 0. The average molecular weight is 295 g/mol. The second-order valence-electron chi connectivity index (χ2n) is 4.45. The van der Waals surface area contributed by atoms with Crippen molar-refractivity contribution in [2.75, 3.05) is 13.1 Å². The number of amides is 1. The van der Waals surface area contributed by atoms with Gasteiger partial charge in [-0.3, -0.25) is 4.79 Å². The molecule has 0 saturated heterocycles. The SMILES string of the molecule is C#CN/C=C\N1C=C(C(=O)NCC(/C=C\C)=C/C=C)C=CC1. The van der Waals surface area contributed by atoms with E-state index in [4.69, 9.17) is 6.42 Å². The van der Waals surface area contributed by atoms with Crippen molar-refractivity contribution in [3.63, 3.8) is 0 Å². The number of carbonyl (C=O) groups excluding carboxylic acids is 1. The molecule has 0 fully saturated rings. The van der Waals surface area contributed by atoms with E-state index < -0.39 is 0 Å². The van der Waals surface area contributed by atoms with Crippen molar-refractivity contribution in [3.8, 4) is 12.5 Å². The highest BCUT2D eigenvalue weighted by molar-refractivity contribution is 5.96. The summed E-state index contributed by atoms with van der Waals surface area (Å²) in [4.78, 5) is 14.0. The van der Waals surface area contributed by atoms with Gasteiger partial charge in [-0.2, -0.15) is 0 Å². The maximum Gasteiger partial charge on any atom is 0.253 e. The first-order valence-electron chi connectivity index (χ1n) is 6.95. The quantitative estimate of drug-likeness (QED) is 0.430. The fraction of sp³-hybridized carbons (Fsp3) is 0.167. The van der Waals surface area contributed by atoms with Gasteiger partial charge < -0.3 is 15.5 Å². The fourth-order valence-corrected chi connectivity index (χ4v) is 1.82. The standard InChI is InChI=1S/C18H21N3O/c1-4-8-16(9-5-2)14-20-18(22)17-10-7-12-21(15-17)13-11-19-6-3/h3-5,7-11,13,15,19H,1,12,14H2,2H3,(H,20,22)/b9-5-,13-11-,16-8+. The Morgan fingerprint density at radius 2 is 2.41 bits per heavy atom. The smallest absolute Gasteiger partial charge is 0.253 e. The third-order valence-corrected chi connectivity index (χ3v) is 2.78. The van der Waals surface area contributed by atoms with E-state index in [1.54, 1.807) is 30.8 Å². The van der Waals surface area contributed by atoms with Crippen LogP contribution in [0, 0.1) is 12.5 Å². The monoisotopic (exact) mass is 295 g/mol. The maximum absolute atomic E-state index is 12.2. The largest absolute Gasteiger partial charge is 0.348 e. The summed E-state index contributed by atoms with van der Waals surface area (Å²) in [5.41, 5.74) is 1.58. The van der Waals surface area contributed by atoms with Crippen LogP contribution in [0.1, 0.15) is 6.92 Å². The summed E-state index contributed by atoms with van der Waals surface area (Å²) in [5, 5.41) is 5.52. The van der Waals surface area contributed by atoms with Crippen molar-refractivity contribution in [2.45, 2.75) is 6.92 Å². The van der Waals surface area contributed by atoms with E-state index in [1.807, 2.05) is 36.1 Å². The van der Waals surface area contributed by atoms with Crippen molar-refractivity contribution >= 4 is 5.91 Å². The van der Waals surface area contributed by atoms with Gasteiger partial charge in [0.15, 0.2) is 0 Å². The van der Waals surface area contributed by atoms with Crippen LogP contribution in [0.15, 0.2) is 72.8 Å². The molecule has 0 radical (unpaired) electrons. The first kappa shape index (κ1) is 17.1. The second kappa shape index (κ2) is 9.89. The summed E-state index contributed by atoms with van der Waals surface area (Å²) in [6, 6.07) is 2.30. The first-order valence-corrected chi connectivity index (χ1v) is 6.95. The third-order valence-electron chi connectivity index (χ3n) is 2.78. The lowest BCUT2D eigenvalue weighted by Gasteiger charge is -2.18. The summed E-state index contributed by atoms with van der Waals surface area (Å²) in [6.07, 6.45) is 21.4. The maximum atomic E-state index is 12.2. The summed E-state index contributed by atoms with van der Waals surface area (Å²) in [5.74, 6) is -0.126. The van der Waals surface area contributed by atoms with Gasteiger partial charge in [-0.05, 0) is 12.5 Å². The van der Waals surface area contributed by atoms with Gasteiger partial charge in [0.1, 0.15) is 0 Å². The Morgan fingerprint density at radius 3 is 3.09 bits per heavy atom. The summed E-state index contributed by atoms with van der Waals surface area (Å²) < 4.78 is 0. The minimum absolute atomic E-state index is 0.126. The van der Waals surface area contributed by atoms with Crippen LogP contribution in [0.4, 0.5) is 0 Å². The Hall–Kier alpha value is -2.93. The van der Waals surface area contributed by atoms with Crippen LogP contribution in [0.5, 0.6) is 0 Å².